The molecule has 0 radical (unpaired) electrons. The zero-order valence-electron chi connectivity index (χ0n) is 19.0. The van der Waals surface area contributed by atoms with Crippen molar-refractivity contribution in [1.82, 2.24) is 15.0 Å². The summed E-state index contributed by atoms with van der Waals surface area (Å²) in [6.45, 7) is 15.0. The largest absolute Gasteiger partial charge is 0.366 e. The number of aromatic nitrogens is 3. The van der Waals surface area contributed by atoms with Crippen LogP contribution in [-0.4, -0.2) is 21.5 Å². The SMILES string of the molecule is C=C(C)/C=C(C)/C(C)=C/C=C(\C)CNc1nccc2cc(-c3ccnc(C)c3)ncc12. The standard InChI is InChI=1S/C27H30N4/c1-18(2)13-21(5)20(4)8-7-19(3)16-31-27-25-17-30-26(15-23(25)9-12-29-27)24-10-11-28-22(6)14-24/h7-15,17H,1,16H2,2-6H3,(H,29,31)/b19-7+,20-8+,21-13+. The van der Waals surface area contributed by atoms with Gasteiger partial charge in [0.25, 0.3) is 0 Å². The molecule has 3 aromatic rings. The average Bonchev–Trinajstić information content (AvgIpc) is 2.75. The molecule has 0 aliphatic rings. The lowest BCUT2D eigenvalue weighted by Gasteiger charge is -2.10. The minimum absolute atomic E-state index is 0.713. The van der Waals surface area contributed by atoms with E-state index in [0.717, 1.165) is 39.1 Å². The van der Waals surface area contributed by atoms with Crippen molar-refractivity contribution < 1.29 is 0 Å². The van der Waals surface area contributed by atoms with Gasteiger partial charge in [-0.2, -0.15) is 0 Å². The third kappa shape index (κ3) is 5.98. The van der Waals surface area contributed by atoms with Crippen molar-refractivity contribution in [1.29, 1.82) is 0 Å². The number of nitrogens with one attached hydrogen (secondary N) is 1. The predicted molar refractivity (Wildman–Crippen MR) is 132 cm³/mol. The lowest BCUT2D eigenvalue weighted by molar-refractivity contribution is 1.16. The molecule has 0 aromatic carbocycles. The summed E-state index contributed by atoms with van der Waals surface area (Å²) in [6, 6.07) is 8.15. The average molecular weight is 411 g/mol. The van der Waals surface area contributed by atoms with Gasteiger partial charge in [-0.3, -0.25) is 9.97 Å². The van der Waals surface area contributed by atoms with Crippen LogP contribution in [0.3, 0.4) is 0 Å². The van der Waals surface area contributed by atoms with Crippen molar-refractivity contribution in [2.75, 3.05) is 11.9 Å². The van der Waals surface area contributed by atoms with E-state index in [0.29, 0.717) is 6.54 Å². The molecule has 4 heteroatoms. The topological polar surface area (TPSA) is 50.7 Å². The molecule has 31 heavy (non-hydrogen) atoms. The van der Waals surface area contributed by atoms with Crippen molar-refractivity contribution in [3.8, 4) is 11.3 Å². The summed E-state index contributed by atoms with van der Waals surface area (Å²) in [4.78, 5) is 13.5. The first-order valence-electron chi connectivity index (χ1n) is 10.4. The highest BCUT2D eigenvalue weighted by Gasteiger charge is 2.06. The number of aryl methyl sites for hydroxylation is 1. The number of pyridine rings is 3. The van der Waals surface area contributed by atoms with Gasteiger partial charge in [-0.1, -0.05) is 36.0 Å². The van der Waals surface area contributed by atoms with Crippen LogP contribution in [0.1, 0.15) is 33.4 Å². The number of fused-ring (bicyclic) bond motifs is 1. The fraction of sp³-hybridized carbons (Fsp3) is 0.222. The van der Waals surface area contributed by atoms with E-state index in [1.165, 1.54) is 16.7 Å². The van der Waals surface area contributed by atoms with Gasteiger partial charge in [0.05, 0.1) is 5.69 Å². The van der Waals surface area contributed by atoms with E-state index in [9.17, 15) is 0 Å². The molecule has 0 aliphatic heterocycles. The smallest absolute Gasteiger partial charge is 0.135 e. The Kier molecular flexibility index (Phi) is 7.14. The summed E-state index contributed by atoms with van der Waals surface area (Å²) in [6.07, 6.45) is 11.9. The van der Waals surface area contributed by atoms with E-state index in [-0.39, 0.29) is 0 Å². The van der Waals surface area contributed by atoms with Crippen molar-refractivity contribution in [2.45, 2.75) is 34.6 Å². The molecule has 0 atom stereocenters. The predicted octanol–water partition coefficient (Wildman–Crippen LogP) is 6.83. The van der Waals surface area contributed by atoms with Crippen LogP contribution in [0.5, 0.6) is 0 Å². The van der Waals surface area contributed by atoms with Gasteiger partial charge in [-0.15, -0.1) is 0 Å². The van der Waals surface area contributed by atoms with Gasteiger partial charge >= 0.3 is 0 Å². The van der Waals surface area contributed by atoms with Crippen molar-refractivity contribution >= 4 is 16.6 Å². The zero-order chi connectivity index (χ0) is 22.4. The molecule has 1 N–H and O–H groups in total. The van der Waals surface area contributed by atoms with Crippen LogP contribution in [-0.2, 0) is 0 Å². The molecule has 0 saturated carbocycles. The van der Waals surface area contributed by atoms with E-state index in [1.807, 2.05) is 50.6 Å². The molecule has 3 heterocycles. The number of rotatable bonds is 7. The Hall–Kier alpha value is -3.53. The number of allylic oxidation sites excluding steroid dienone is 6. The van der Waals surface area contributed by atoms with E-state index in [1.54, 1.807) is 0 Å². The summed E-state index contributed by atoms with van der Waals surface area (Å²) in [7, 11) is 0. The molecule has 0 saturated heterocycles. The Morgan fingerprint density at radius 1 is 0.968 bits per heavy atom. The molecule has 3 aromatic heterocycles. The summed E-state index contributed by atoms with van der Waals surface area (Å²) in [5.74, 6) is 0.842. The van der Waals surface area contributed by atoms with Gasteiger partial charge in [0.2, 0.25) is 0 Å². The van der Waals surface area contributed by atoms with Crippen molar-refractivity contribution in [3.63, 3.8) is 0 Å². The fourth-order valence-corrected chi connectivity index (χ4v) is 3.24. The maximum atomic E-state index is 4.66. The number of anilines is 1. The van der Waals surface area contributed by atoms with Crippen molar-refractivity contribution in [2.24, 2.45) is 0 Å². The quantitative estimate of drug-likeness (QED) is 0.434. The van der Waals surface area contributed by atoms with Crippen LogP contribution in [0.2, 0.25) is 0 Å². The lowest BCUT2D eigenvalue weighted by Crippen LogP contribution is -2.05. The van der Waals surface area contributed by atoms with Crippen LogP contribution in [0.25, 0.3) is 22.0 Å². The summed E-state index contributed by atoms with van der Waals surface area (Å²) in [5, 5.41) is 5.57. The Bertz CT molecular complexity index is 1200. The molecule has 0 spiro atoms. The maximum absolute atomic E-state index is 4.66. The van der Waals surface area contributed by atoms with Gasteiger partial charge in [0.15, 0.2) is 0 Å². The third-order valence-corrected chi connectivity index (χ3v) is 5.08. The summed E-state index contributed by atoms with van der Waals surface area (Å²) in [5.41, 5.74) is 7.72. The second kappa shape index (κ2) is 9.98. The van der Waals surface area contributed by atoms with Crippen LogP contribution in [0, 0.1) is 6.92 Å². The molecule has 0 bridgehead atoms. The maximum Gasteiger partial charge on any atom is 0.135 e. The number of nitrogens with zero attached hydrogens (tertiary/aromatic N) is 3. The monoisotopic (exact) mass is 410 g/mol. The van der Waals surface area contributed by atoms with Gasteiger partial charge < -0.3 is 5.32 Å². The van der Waals surface area contributed by atoms with Crippen LogP contribution < -0.4 is 5.32 Å². The first-order valence-corrected chi connectivity index (χ1v) is 10.4. The molecule has 0 unspecified atom stereocenters. The Morgan fingerprint density at radius 3 is 2.48 bits per heavy atom. The normalized spacial score (nSPS) is 12.9. The molecule has 3 rings (SSSR count). The van der Waals surface area contributed by atoms with Gasteiger partial charge in [0.1, 0.15) is 5.82 Å². The van der Waals surface area contributed by atoms with Crippen LogP contribution in [0.15, 0.2) is 90.0 Å². The molecule has 158 valence electrons. The first-order chi connectivity index (χ1) is 14.8. The molecular formula is C27H30N4. The minimum Gasteiger partial charge on any atom is -0.366 e. The Morgan fingerprint density at radius 2 is 1.74 bits per heavy atom. The fourth-order valence-electron chi connectivity index (χ4n) is 3.24. The van der Waals surface area contributed by atoms with Crippen molar-refractivity contribution in [3.05, 3.63) is 95.6 Å². The second-order valence-corrected chi connectivity index (χ2v) is 8.03. The number of hydrogen-bond acceptors (Lipinski definition) is 4. The van der Waals surface area contributed by atoms with Crippen LogP contribution >= 0.6 is 0 Å². The van der Waals surface area contributed by atoms with E-state index < -0.39 is 0 Å². The first kappa shape index (κ1) is 22.2. The molecule has 0 fully saturated rings. The Balaban J connectivity index is 1.77. The second-order valence-electron chi connectivity index (χ2n) is 8.03. The third-order valence-electron chi connectivity index (χ3n) is 5.08. The molecular weight excluding hydrogens is 380 g/mol. The molecule has 4 nitrogen and oxygen atoms in total. The van der Waals surface area contributed by atoms with Gasteiger partial charge in [-0.25, -0.2) is 4.98 Å². The number of hydrogen-bond donors (Lipinski definition) is 1. The molecule has 0 amide bonds. The van der Waals surface area contributed by atoms with E-state index in [4.69, 9.17) is 0 Å². The van der Waals surface area contributed by atoms with Gasteiger partial charge in [-0.05, 0) is 75.4 Å². The highest BCUT2D eigenvalue weighted by Crippen LogP contribution is 2.25. The van der Waals surface area contributed by atoms with E-state index in [2.05, 4.69) is 71.9 Å². The highest BCUT2D eigenvalue weighted by atomic mass is 15.0. The zero-order valence-corrected chi connectivity index (χ0v) is 19.0. The lowest BCUT2D eigenvalue weighted by atomic mass is 10.1. The minimum atomic E-state index is 0.713. The highest BCUT2D eigenvalue weighted by molar-refractivity contribution is 5.93. The van der Waals surface area contributed by atoms with Crippen LogP contribution in [0.4, 0.5) is 5.82 Å². The Labute approximate surface area is 185 Å². The van der Waals surface area contributed by atoms with Gasteiger partial charge in [0, 0.05) is 41.8 Å². The molecule has 0 aliphatic carbocycles. The summed E-state index contributed by atoms with van der Waals surface area (Å²) < 4.78 is 0. The van der Waals surface area contributed by atoms with E-state index >= 15 is 0 Å². The summed E-state index contributed by atoms with van der Waals surface area (Å²) >= 11 is 0.